The lowest BCUT2D eigenvalue weighted by atomic mass is 9.92. The minimum absolute atomic E-state index is 0.0526. The number of carbonyl (C=O) groups excluding carboxylic acids is 1. The van der Waals surface area contributed by atoms with Gasteiger partial charge in [-0.15, -0.1) is 0 Å². The zero-order valence-electron chi connectivity index (χ0n) is 8.17. The first kappa shape index (κ1) is 11.6. The van der Waals surface area contributed by atoms with E-state index in [1.54, 1.807) is 0 Å². The van der Waals surface area contributed by atoms with Crippen molar-refractivity contribution in [3.8, 4) is 0 Å². The molecule has 0 aliphatic heterocycles. The van der Waals surface area contributed by atoms with Crippen LogP contribution in [-0.4, -0.2) is 19.8 Å². The van der Waals surface area contributed by atoms with Crippen molar-refractivity contribution in [2.75, 3.05) is 13.8 Å². The quantitative estimate of drug-likeness (QED) is 0.769. The van der Waals surface area contributed by atoms with Gasteiger partial charge in [0.1, 0.15) is 12.5 Å². The van der Waals surface area contributed by atoms with Crippen LogP contribution in [0.1, 0.15) is 5.56 Å². The van der Waals surface area contributed by atoms with Gasteiger partial charge in [-0.3, -0.25) is 0 Å². The Morgan fingerprint density at radius 1 is 1.60 bits per heavy atom. The largest absolute Gasteiger partial charge is 0.467 e. The molecular formula is C10H11F2NO2. The van der Waals surface area contributed by atoms with Crippen LogP contribution in [0.4, 0.5) is 8.78 Å². The van der Waals surface area contributed by atoms with Crippen LogP contribution in [0.25, 0.3) is 0 Å². The summed E-state index contributed by atoms with van der Waals surface area (Å²) in [5.74, 6) is -1.52. The second kappa shape index (κ2) is 4.35. The van der Waals surface area contributed by atoms with Gasteiger partial charge in [0.15, 0.2) is 5.54 Å². The summed E-state index contributed by atoms with van der Waals surface area (Å²) in [7, 11) is 1.10. The van der Waals surface area contributed by atoms with Crippen LogP contribution in [0.2, 0.25) is 0 Å². The highest BCUT2D eigenvalue weighted by molar-refractivity contribution is 5.82. The molecule has 0 aromatic heterocycles. The number of rotatable bonds is 3. The lowest BCUT2D eigenvalue weighted by Crippen LogP contribution is -2.47. The second-order valence-corrected chi connectivity index (χ2v) is 3.11. The van der Waals surface area contributed by atoms with Crippen LogP contribution in [0.5, 0.6) is 0 Å². The SMILES string of the molecule is COC(=O)C(N)(CF)c1cccc(F)c1. The molecule has 3 nitrogen and oxygen atoms in total. The Bertz CT molecular complexity index is 370. The molecule has 1 aromatic rings. The summed E-state index contributed by atoms with van der Waals surface area (Å²) in [5.41, 5.74) is 3.64. The number of hydrogen-bond donors (Lipinski definition) is 1. The van der Waals surface area contributed by atoms with E-state index in [1.807, 2.05) is 0 Å². The van der Waals surface area contributed by atoms with Crippen molar-refractivity contribution < 1.29 is 18.3 Å². The molecule has 5 heteroatoms. The van der Waals surface area contributed by atoms with Gasteiger partial charge in [0.25, 0.3) is 0 Å². The van der Waals surface area contributed by atoms with Crippen molar-refractivity contribution in [2.45, 2.75) is 5.54 Å². The van der Waals surface area contributed by atoms with Gasteiger partial charge < -0.3 is 10.5 Å². The number of alkyl halides is 1. The number of carbonyl (C=O) groups is 1. The standard InChI is InChI=1S/C10H11F2NO2/c1-15-9(14)10(13,6-11)7-3-2-4-8(12)5-7/h2-5H,6,13H2,1H3. The molecule has 0 radical (unpaired) electrons. The van der Waals surface area contributed by atoms with Crippen LogP contribution in [-0.2, 0) is 15.1 Å². The van der Waals surface area contributed by atoms with E-state index >= 15 is 0 Å². The monoisotopic (exact) mass is 215 g/mol. The fourth-order valence-electron chi connectivity index (χ4n) is 1.20. The summed E-state index contributed by atoms with van der Waals surface area (Å²) >= 11 is 0. The van der Waals surface area contributed by atoms with Gasteiger partial charge in [-0.25, -0.2) is 13.6 Å². The highest BCUT2D eigenvalue weighted by Gasteiger charge is 2.37. The highest BCUT2D eigenvalue weighted by atomic mass is 19.1. The maximum Gasteiger partial charge on any atom is 0.333 e. The smallest absolute Gasteiger partial charge is 0.333 e. The lowest BCUT2D eigenvalue weighted by Gasteiger charge is -2.23. The summed E-state index contributed by atoms with van der Waals surface area (Å²) in [6, 6.07) is 4.92. The zero-order valence-corrected chi connectivity index (χ0v) is 8.17. The first-order chi connectivity index (χ1) is 7.04. The van der Waals surface area contributed by atoms with Crippen LogP contribution < -0.4 is 5.73 Å². The highest BCUT2D eigenvalue weighted by Crippen LogP contribution is 2.21. The van der Waals surface area contributed by atoms with Gasteiger partial charge in [-0.2, -0.15) is 0 Å². The third-order valence-electron chi connectivity index (χ3n) is 2.10. The topological polar surface area (TPSA) is 52.3 Å². The minimum Gasteiger partial charge on any atom is -0.467 e. The summed E-state index contributed by atoms with van der Waals surface area (Å²) < 4.78 is 30.0. The van der Waals surface area contributed by atoms with Crippen molar-refractivity contribution >= 4 is 5.97 Å². The number of methoxy groups -OCH3 is 1. The van der Waals surface area contributed by atoms with Crippen LogP contribution in [0.3, 0.4) is 0 Å². The Morgan fingerprint density at radius 3 is 2.73 bits per heavy atom. The third kappa shape index (κ3) is 2.12. The molecule has 0 heterocycles. The van der Waals surface area contributed by atoms with Crippen molar-refractivity contribution in [3.63, 3.8) is 0 Å². The molecule has 82 valence electrons. The van der Waals surface area contributed by atoms with Crippen LogP contribution in [0.15, 0.2) is 24.3 Å². The summed E-state index contributed by atoms with van der Waals surface area (Å²) in [4.78, 5) is 11.3. The molecule has 0 saturated carbocycles. The fourth-order valence-corrected chi connectivity index (χ4v) is 1.20. The number of benzene rings is 1. The predicted octanol–water partition coefficient (Wildman–Crippen LogP) is 1.12. The molecule has 1 atom stereocenters. The maximum atomic E-state index is 12.9. The number of ether oxygens (including phenoxy) is 1. The third-order valence-corrected chi connectivity index (χ3v) is 2.10. The van der Waals surface area contributed by atoms with Gasteiger partial charge in [-0.05, 0) is 17.7 Å². The van der Waals surface area contributed by atoms with E-state index < -0.39 is 24.0 Å². The van der Waals surface area contributed by atoms with Crippen molar-refractivity contribution in [3.05, 3.63) is 35.6 Å². The zero-order chi connectivity index (χ0) is 11.5. The molecule has 1 unspecified atom stereocenters. The summed E-state index contributed by atoms with van der Waals surface area (Å²) in [5, 5.41) is 0. The molecule has 0 bridgehead atoms. The average Bonchev–Trinajstić information content (AvgIpc) is 2.26. The molecule has 2 N–H and O–H groups in total. The van der Waals surface area contributed by atoms with Crippen LogP contribution >= 0.6 is 0 Å². The number of nitrogens with two attached hydrogens (primary N) is 1. The average molecular weight is 215 g/mol. The number of esters is 1. The van der Waals surface area contributed by atoms with Crippen molar-refractivity contribution in [1.29, 1.82) is 0 Å². The van der Waals surface area contributed by atoms with E-state index in [0.717, 1.165) is 13.2 Å². The van der Waals surface area contributed by atoms with Gasteiger partial charge in [0.05, 0.1) is 7.11 Å². The Kier molecular flexibility index (Phi) is 3.36. The van der Waals surface area contributed by atoms with E-state index in [4.69, 9.17) is 5.73 Å². The Morgan fingerprint density at radius 2 is 2.27 bits per heavy atom. The van der Waals surface area contributed by atoms with Gasteiger partial charge in [0, 0.05) is 0 Å². The second-order valence-electron chi connectivity index (χ2n) is 3.11. The Labute approximate surface area is 85.8 Å². The first-order valence-electron chi connectivity index (χ1n) is 4.24. The molecule has 0 fully saturated rings. The molecule has 15 heavy (non-hydrogen) atoms. The van der Waals surface area contributed by atoms with E-state index in [2.05, 4.69) is 4.74 Å². The van der Waals surface area contributed by atoms with E-state index in [-0.39, 0.29) is 5.56 Å². The molecule has 0 spiro atoms. The molecule has 0 amide bonds. The Balaban J connectivity index is 3.16. The van der Waals surface area contributed by atoms with Crippen molar-refractivity contribution in [2.24, 2.45) is 5.73 Å². The van der Waals surface area contributed by atoms with E-state index in [9.17, 15) is 13.6 Å². The van der Waals surface area contributed by atoms with E-state index in [0.29, 0.717) is 0 Å². The fraction of sp³-hybridized carbons (Fsp3) is 0.300. The van der Waals surface area contributed by atoms with Gasteiger partial charge in [-0.1, -0.05) is 12.1 Å². The first-order valence-corrected chi connectivity index (χ1v) is 4.24. The molecule has 0 saturated heterocycles. The maximum absolute atomic E-state index is 12.9. The molecule has 0 aliphatic rings. The van der Waals surface area contributed by atoms with Gasteiger partial charge >= 0.3 is 5.97 Å². The molecule has 1 rings (SSSR count). The van der Waals surface area contributed by atoms with Gasteiger partial charge in [0.2, 0.25) is 0 Å². The normalized spacial score (nSPS) is 14.4. The van der Waals surface area contributed by atoms with Crippen LogP contribution in [0, 0.1) is 5.82 Å². The Hall–Kier alpha value is -1.49. The predicted molar refractivity (Wildman–Crippen MR) is 50.3 cm³/mol. The van der Waals surface area contributed by atoms with Crippen molar-refractivity contribution in [1.82, 2.24) is 0 Å². The summed E-state index contributed by atoms with van der Waals surface area (Å²) in [6.45, 7) is -1.15. The molecule has 0 aliphatic carbocycles. The number of halogens is 2. The summed E-state index contributed by atoms with van der Waals surface area (Å²) in [6.07, 6.45) is 0. The molecular weight excluding hydrogens is 204 g/mol. The van der Waals surface area contributed by atoms with E-state index in [1.165, 1.54) is 18.2 Å². The molecule has 1 aromatic carbocycles. The minimum atomic E-state index is -1.93. The number of hydrogen-bond acceptors (Lipinski definition) is 3. The lowest BCUT2D eigenvalue weighted by molar-refractivity contribution is -0.148.